The second-order valence-electron chi connectivity index (χ2n) is 9.99. The van der Waals surface area contributed by atoms with E-state index in [0.29, 0.717) is 28.6 Å². The van der Waals surface area contributed by atoms with Crippen LogP contribution in [0.15, 0.2) is 66.7 Å². The van der Waals surface area contributed by atoms with Crippen molar-refractivity contribution in [3.63, 3.8) is 0 Å². The van der Waals surface area contributed by atoms with Crippen LogP contribution in [0.2, 0.25) is 0 Å². The number of nitrogens with zero attached hydrogens (tertiary/aromatic N) is 1. The van der Waals surface area contributed by atoms with Gasteiger partial charge in [0.05, 0.1) is 5.92 Å². The van der Waals surface area contributed by atoms with E-state index in [1.807, 2.05) is 13.0 Å². The Hall–Kier alpha value is -4.46. The summed E-state index contributed by atoms with van der Waals surface area (Å²) in [7, 11) is 0. The van der Waals surface area contributed by atoms with Crippen LogP contribution in [0.5, 0.6) is 11.5 Å². The third-order valence-electron chi connectivity index (χ3n) is 6.52. The van der Waals surface area contributed by atoms with Crippen molar-refractivity contribution in [3.8, 4) is 11.5 Å². The van der Waals surface area contributed by atoms with E-state index in [2.05, 4.69) is 31.3 Å². The van der Waals surface area contributed by atoms with Gasteiger partial charge in [-0.15, -0.1) is 0 Å². The Morgan fingerprint density at radius 1 is 1.03 bits per heavy atom. The maximum absolute atomic E-state index is 12.7. The number of hydrogen-bond acceptors (Lipinski definition) is 6. The van der Waals surface area contributed by atoms with Gasteiger partial charge < -0.3 is 19.7 Å². The second-order valence-corrected chi connectivity index (χ2v) is 9.99. The smallest absolute Gasteiger partial charge is 0.311 e. The number of carbonyl (C=O) groups is 4. The molecule has 0 bridgehead atoms. The molecular weight excluding hydrogens is 496 g/mol. The molecule has 3 aromatic rings. The van der Waals surface area contributed by atoms with Gasteiger partial charge in [0.2, 0.25) is 5.91 Å². The summed E-state index contributed by atoms with van der Waals surface area (Å²) in [5, 5.41) is 2.60. The van der Waals surface area contributed by atoms with E-state index in [0.717, 1.165) is 16.9 Å². The Balaban J connectivity index is 1.32. The fourth-order valence-electron chi connectivity index (χ4n) is 4.41. The molecule has 3 aromatic carbocycles. The number of esters is 1. The lowest BCUT2D eigenvalue weighted by atomic mass is 10.0. The predicted octanol–water partition coefficient (Wildman–Crippen LogP) is 5.65. The van der Waals surface area contributed by atoms with Crippen LogP contribution in [0.3, 0.4) is 0 Å². The van der Waals surface area contributed by atoms with Gasteiger partial charge in [-0.3, -0.25) is 19.2 Å². The molecule has 0 radical (unpaired) electrons. The zero-order chi connectivity index (χ0) is 28.1. The highest BCUT2D eigenvalue weighted by Crippen LogP contribution is 2.33. The highest BCUT2D eigenvalue weighted by Gasteiger charge is 2.36. The van der Waals surface area contributed by atoms with Gasteiger partial charge in [-0.05, 0) is 73.4 Å². The van der Waals surface area contributed by atoms with E-state index in [-0.39, 0.29) is 24.7 Å². The molecule has 1 fully saturated rings. The minimum absolute atomic E-state index is 0.000398. The van der Waals surface area contributed by atoms with Gasteiger partial charge in [0.1, 0.15) is 11.5 Å². The molecule has 0 aromatic heterocycles. The number of ether oxygens (including phenoxy) is 2. The number of rotatable bonds is 9. The standard InChI is InChI=1S/C31H32N2O6/c1-19(2)27-13-8-20(3)14-28(27)39-26-11-9-25(10-12-26)33-17-23(16-30(33)36)31(37)38-18-29(35)32-24-7-5-6-22(15-24)21(4)34/h5-15,19,23H,16-18H2,1-4H3,(H,32,35)/t23-/m0/s1. The Bertz CT molecular complexity index is 1400. The number of benzene rings is 3. The Kier molecular flexibility index (Phi) is 8.44. The number of Topliss-reactive ketones (excluding diaryl/α,β-unsaturated/α-hetero) is 1. The van der Waals surface area contributed by atoms with Crippen molar-refractivity contribution in [2.75, 3.05) is 23.4 Å². The maximum atomic E-state index is 12.7. The summed E-state index contributed by atoms with van der Waals surface area (Å²) < 4.78 is 11.3. The van der Waals surface area contributed by atoms with Crippen molar-refractivity contribution in [1.82, 2.24) is 0 Å². The van der Waals surface area contributed by atoms with Crippen molar-refractivity contribution in [2.24, 2.45) is 5.92 Å². The summed E-state index contributed by atoms with van der Waals surface area (Å²) in [5.74, 6) is -0.388. The Labute approximate surface area is 227 Å². The van der Waals surface area contributed by atoms with Gasteiger partial charge in [-0.1, -0.05) is 38.1 Å². The molecule has 39 heavy (non-hydrogen) atoms. The fraction of sp³-hybridized carbons (Fsp3) is 0.290. The number of ketones is 1. The number of carbonyl (C=O) groups excluding carboxylic acids is 4. The zero-order valence-electron chi connectivity index (χ0n) is 22.5. The van der Waals surface area contributed by atoms with Gasteiger partial charge in [0.15, 0.2) is 12.4 Å². The topological polar surface area (TPSA) is 102 Å². The molecule has 8 heteroatoms. The lowest BCUT2D eigenvalue weighted by molar-refractivity contribution is -0.151. The van der Waals surface area contributed by atoms with Crippen LogP contribution in [-0.2, 0) is 19.1 Å². The highest BCUT2D eigenvalue weighted by atomic mass is 16.5. The molecule has 0 saturated carbocycles. The van der Waals surface area contributed by atoms with E-state index in [4.69, 9.17) is 9.47 Å². The van der Waals surface area contributed by atoms with Gasteiger partial charge in [-0.25, -0.2) is 0 Å². The van der Waals surface area contributed by atoms with Crippen LogP contribution in [0, 0.1) is 12.8 Å². The monoisotopic (exact) mass is 528 g/mol. The summed E-state index contributed by atoms with van der Waals surface area (Å²) in [5.41, 5.74) is 3.76. The molecule has 0 spiro atoms. The number of hydrogen-bond donors (Lipinski definition) is 1. The van der Waals surface area contributed by atoms with Crippen molar-refractivity contribution in [2.45, 2.75) is 40.0 Å². The van der Waals surface area contributed by atoms with Gasteiger partial charge in [-0.2, -0.15) is 0 Å². The van der Waals surface area contributed by atoms with E-state index >= 15 is 0 Å². The van der Waals surface area contributed by atoms with Gasteiger partial charge >= 0.3 is 5.97 Å². The van der Waals surface area contributed by atoms with Gasteiger partial charge in [0.25, 0.3) is 5.91 Å². The molecular formula is C31H32N2O6. The third kappa shape index (κ3) is 6.90. The molecule has 1 atom stereocenters. The van der Waals surface area contributed by atoms with Crippen LogP contribution in [0.25, 0.3) is 0 Å². The fourth-order valence-corrected chi connectivity index (χ4v) is 4.41. The first-order chi connectivity index (χ1) is 18.6. The summed E-state index contributed by atoms with van der Waals surface area (Å²) in [6, 6.07) is 19.8. The average Bonchev–Trinajstić information content (AvgIpc) is 3.29. The average molecular weight is 529 g/mol. The first-order valence-electron chi connectivity index (χ1n) is 12.9. The quantitative estimate of drug-likeness (QED) is 0.285. The Morgan fingerprint density at radius 2 is 1.77 bits per heavy atom. The van der Waals surface area contributed by atoms with Crippen molar-refractivity contribution in [1.29, 1.82) is 0 Å². The number of amides is 2. The summed E-state index contributed by atoms with van der Waals surface area (Å²) in [6.45, 7) is 7.35. The van der Waals surface area contributed by atoms with Crippen LogP contribution >= 0.6 is 0 Å². The first kappa shape index (κ1) is 27.6. The van der Waals surface area contributed by atoms with Crippen LogP contribution < -0.4 is 15.0 Å². The molecule has 4 rings (SSSR count). The Morgan fingerprint density at radius 3 is 2.46 bits per heavy atom. The van der Waals surface area contributed by atoms with E-state index < -0.39 is 24.4 Å². The van der Waals surface area contributed by atoms with Crippen molar-refractivity contribution < 1.29 is 28.7 Å². The van der Waals surface area contributed by atoms with Crippen LogP contribution in [0.4, 0.5) is 11.4 Å². The molecule has 202 valence electrons. The summed E-state index contributed by atoms with van der Waals surface area (Å²) >= 11 is 0. The molecule has 1 N–H and O–H groups in total. The van der Waals surface area contributed by atoms with Crippen molar-refractivity contribution in [3.05, 3.63) is 83.4 Å². The lowest BCUT2D eigenvalue weighted by Crippen LogP contribution is -2.28. The first-order valence-corrected chi connectivity index (χ1v) is 12.9. The number of anilines is 2. The summed E-state index contributed by atoms with van der Waals surface area (Å²) in [4.78, 5) is 50.6. The summed E-state index contributed by atoms with van der Waals surface area (Å²) in [6.07, 6.45) is 0.000398. The van der Waals surface area contributed by atoms with Crippen LogP contribution in [-0.4, -0.2) is 36.7 Å². The molecule has 0 unspecified atom stereocenters. The molecule has 0 aliphatic carbocycles. The molecule has 2 amide bonds. The minimum atomic E-state index is -0.678. The van der Waals surface area contributed by atoms with Crippen molar-refractivity contribution >= 4 is 34.9 Å². The number of nitrogens with one attached hydrogen (secondary N) is 1. The van der Waals surface area contributed by atoms with E-state index in [1.165, 1.54) is 11.8 Å². The van der Waals surface area contributed by atoms with E-state index in [1.54, 1.807) is 48.5 Å². The lowest BCUT2D eigenvalue weighted by Gasteiger charge is -2.18. The third-order valence-corrected chi connectivity index (χ3v) is 6.52. The van der Waals surface area contributed by atoms with E-state index in [9.17, 15) is 19.2 Å². The SMILES string of the molecule is CC(=O)c1cccc(NC(=O)COC(=O)[C@H]2CC(=O)N(c3ccc(Oc4cc(C)ccc4C(C)C)cc3)C2)c1. The molecule has 1 aliphatic rings. The van der Waals surface area contributed by atoms with Gasteiger partial charge in [0, 0.05) is 29.9 Å². The molecule has 1 saturated heterocycles. The predicted molar refractivity (Wildman–Crippen MR) is 148 cm³/mol. The highest BCUT2D eigenvalue weighted by molar-refractivity contribution is 6.00. The zero-order valence-corrected chi connectivity index (χ0v) is 22.5. The minimum Gasteiger partial charge on any atom is -0.457 e. The van der Waals surface area contributed by atoms with Crippen LogP contribution in [0.1, 0.15) is 54.6 Å². The molecule has 8 nitrogen and oxygen atoms in total. The maximum Gasteiger partial charge on any atom is 0.311 e. The molecule has 1 heterocycles. The largest absolute Gasteiger partial charge is 0.457 e. The number of aryl methyl sites for hydroxylation is 1. The molecule has 1 aliphatic heterocycles. The normalized spacial score (nSPS) is 14.8. The second kappa shape index (κ2) is 11.9.